The van der Waals surface area contributed by atoms with Gasteiger partial charge in [-0.1, -0.05) is 26.7 Å². The van der Waals surface area contributed by atoms with Gasteiger partial charge in [-0.3, -0.25) is 4.55 Å². The van der Waals surface area contributed by atoms with Crippen molar-refractivity contribution in [1.82, 2.24) is 0 Å². The van der Waals surface area contributed by atoms with Crippen molar-refractivity contribution in [3.05, 3.63) is 0 Å². The molecule has 220 valence electrons. The molecule has 3 aliphatic rings. The summed E-state index contributed by atoms with van der Waals surface area (Å²) in [6.07, 6.45) is 8.20. The number of hydrogen-bond donors (Lipinski definition) is 2. The zero-order valence-corrected chi connectivity index (χ0v) is 23.1. The highest BCUT2D eigenvalue weighted by atomic mass is 32.2. The maximum absolute atomic E-state index is 13.4. The Morgan fingerprint density at radius 1 is 1.00 bits per heavy atom. The molecule has 0 aromatic rings. The molecule has 0 heterocycles. The highest BCUT2D eigenvalue weighted by Gasteiger charge is 2.54. The lowest BCUT2D eigenvalue weighted by Gasteiger charge is -2.47. The monoisotopic (exact) mass is 568 g/mol. The molecule has 38 heavy (non-hydrogen) atoms. The topological polar surface area (TPSA) is 136 Å². The molecule has 3 aliphatic carbocycles. The van der Waals surface area contributed by atoms with Gasteiger partial charge in [0.25, 0.3) is 0 Å². The molecule has 2 N–H and O–H groups in total. The molecule has 2 bridgehead atoms. The van der Waals surface area contributed by atoms with Crippen molar-refractivity contribution < 1.29 is 50.7 Å². The molecular formula is C26H42F2O9S. The van der Waals surface area contributed by atoms with Crippen LogP contribution in [0, 0.1) is 35.5 Å². The Kier molecular flexibility index (Phi) is 10.4. The summed E-state index contributed by atoms with van der Waals surface area (Å²) in [5, 5.41) is 5.84. The van der Waals surface area contributed by atoms with E-state index in [1.54, 1.807) is 0 Å². The normalized spacial score (nSPS) is 32.7. The van der Waals surface area contributed by atoms with E-state index in [-0.39, 0.29) is 43.5 Å². The summed E-state index contributed by atoms with van der Waals surface area (Å²) in [7, 11) is -5.88. The van der Waals surface area contributed by atoms with Gasteiger partial charge in [0.05, 0.1) is 25.4 Å². The van der Waals surface area contributed by atoms with E-state index >= 15 is 0 Å². The second kappa shape index (κ2) is 12.8. The SMILES string of the molecule is CC(CCOC(=O)OCC1CC2CC(C)CC(O)(C1)C2)CC1CCCC(COC(=O)C(F)(F)S(=O)(=O)O)C1. The summed E-state index contributed by atoms with van der Waals surface area (Å²) in [4.78, 5) is 23.5. The van der Waals surface area contributed by atoms with Crippen molar-refractivity contribution in [2.24, 2.45) is 35.5 Å². The van der Waals surface area contributed by atoms with Crippen molar-refractivity contribution in [3.8, 4) is 0 Å². The van der Waals surface area contributed by atoms with Crippen LogP contribution in [0.1, 0.15) is 84.5 Å². The zero-order valence-electron chi connectivity index (χ0n) is 22.3. The van der Waals surface area contributed by atoms with E-state index in [4.69, 9.17) is 14.0 Å². The van der Waals surface area contributed by atoms with E-state index in [2.05, 4.69) is 11.7 Å². The quantitative estimate of drug-likeness (QED) is 0.262. The Hall–Kier alpha value is -1.53. The molecule has 0 radical (unpaired) electrons. The third kappa shape index (κ3) is 8.74. The second-order valence-corrected chi connectivity index (χ2v) is 13.6. The number of carbonyl (C=O) groups excluding carboxylic acids is 2. The maximum Gasteiger partial charge on any atom is 0.508 e. The molecule has 12 heteroatoms. The first-order valence-electron chi connectivity index (χ1n) is 13.7. The molecule has 9 nitrogen and oxygen atoms in total. The number of esters is 1. The van der Waals surface area contributed by atoms with Gasteiger partial charge < -0.3 is 19.3 Å². The highest BCUT2D eigenvalue weighted by Crippen LogP contribution is 2.47. The maximum atomic E-state index is 13.4. The van der Waals surface area contributed by atoms with Crippen LogP contribution in [0.2, 0.25) is 0 Å². The Labute approximate surface area is 223 Å². The molecule has 0 aliphatic heterocycles. The van der Waals surface area contributed by atoms with Crippen molar-refractivity contribution in [1.29, 1.82) is 0 Å². The number of carbonyl (C=O) groups is 2. The van der Waals surface area contributed by atoms with Gasteiger partial charge in [-0.05, 0) is 93.3 Å². The van der Waals surface area contributed by atoms with E-state index in [0.29, 0.717) is 37.5 Å². The third-order valence-electron chi connectivity index (χ3n) is 8.37. The molecule has 0 saturated heterocycles. The van der Waals surface area contributed by atoms with E-state index < -0.39 is 33.1 Å². The molecule has 0 spiro atoms. The van der Waals surface area contributed by atoms with Crippen LogP contribution in [0.15, 0.2) is 0 Å². The summed E-state index contributed by atoms with van der Waals surface area (Å²) in [5.41, 5.74) is -0.640. The zero-order chi connectivity index (χ0) is 28.1. The highest BCUT2D eigenvalue weighted by molar-refractivity contribution is 7.87. The molecule has 0 amide bonds. The number of ether oxygens (including phenoxy) is 3. The van der Waals surface area contributed by atoms with E-state index in [9.17, 15) is 31.9 Å². The van der Waals surface area contributed by atoms with Crippen LogP contribution in [-0.2, 0) is 29.1 Å². The average molecular weight is 569 g/mol. The summed E-state index contributed by atoms with van der Waals surface area (Å²) in [6.45, 7) is 4.35. The summed E-state index contributed by atoms with van der Waals surface area (Å²) in [5.74, 6) is -0.786. The van der Waals surface area contributed by atoms with Gasteiger partial charge in [0.2, 0.25) is 0 Å². The molecule has 7 unspecified atom stereocenters. The van der Waals surface area contributed by atoms with Crippen molar-refractivity contribution in [2.45, 2.75) is 95.3 Å². The van der Waals surface area contributed by atoms with Gasteiger partial charge in [-0.25, -0.2) is 9.59 Å². The van der Waals surface area contributed by atoms with Gasteiger partial charge in [0.1, 0.15) is 0 Å². The number of alkyl halides is 2. The second-order valence-electron chi connectivity index (χ2n) is 12.2. The van der Waals surface area contributed by atoms with E-state index in [1.807, 2.05) is 6.92 Å². The van der Waals surface area contributed by atoms with Crippen molar-refractivity contribution in [3.63, 3.8) is 0 Å². The Morgan fingerprint density at radius 2 is 1.68 bits per heavy atom. The van der Waals surface area contributed by atoms with Crippen molar-refractivity contribution in [2.75, 3.05) is 19.8 Å². The fourth-order valence-corrected chi connectivity index (χ4v) is 7.25. The largest absolute Gasteiger partial charge is 0.508 e. The lowest BCUT2D eigenvalue weighted by atomic mass is 9.63. The first-order valence-corrected chi connectivity index (χ1v) is 15.1. The van der Waals surface area contributed by atoms with Crippen LogP contribution in [0.5, 0.6) is 0 Å². The van der Waals surface area contributed by atoms with Crippen LogP contribution in [0.4, 0.5) is 13.6 Å². The molecule has 0 aromatic heterocycles. The minimum Gasteiger partial charge on any atom is -0.460 e. The number of halogens is 2. The van der Waals surface area contributed by atoms with Crippen LogP contribution < -0.4 is 0 Å². The molecule has 3 rings (SSSR count). The predicted molar refractivity (Wildman–Crippen MR) is 133 cm³/mol. The predicted octanol–water partition coefficient (Wildman–Crippen LogP) is 4.96. The van der Waals surface area contributed by atoms with Gasteiger partial charge in [0.15, 0.2) is 0 Å². The van der Waals surface area contributed by atoms with E-state index in [1.165, 1.54) is 0 Å². The van der Waals surface area contributed by atoms with Gasteiger partial charge >= 0.3 is 27.5 Å². The van der Waals surface area contributed by atoms with Gasteiger partial charge in [-0.15, -0.1) is 0 Å². The van der Waals surface area contributed by atoms with Gasteiger partial charge in [0, 0.05) is 0 Å². The standard InChI is InChI=1S/C26H42F2O9S/c1-17(8-19-4-3-5-20(10-19)15-36-23(29)26(27,28)38(32,33)34)6-7-35-24(30)37-16-22-11-21-9-18(2)12-25(31,13-21)14-22/h17-22,31H,3-16H2,1-2H3,(H,32,33,34). The Bertz CT molecular complexity index is 924. The Morgan fingerprint density at radius 3 is 2.37 bits per heavy atom. The number of aliphatic hydroxyl groups is 1. The number of hydrogen-bond acceptors (Lipinski definition) is 8. The van der Waals surface area contributed by atoms with Crippen molar-refractivity contribution >= 4 is 22.2 Å². The fourth-order valence-electron chi connectivity index (χ4n) is 6.98. The number of rotatable bonds is 11. The summed E-state index contributed by atoms with van der Waals surface area (Å²) < 4.78 is 71.7. The van der Waals surface area contributed by atoms with Crippen LogP contribution in [0.3, 0.4) is 0 Å². The van der Waals surface area contributed by atoms with Gasteiger partial charge in [-0.2, -0.15) is 17.2 Å². The van der Waals surface area contributed by atoms with Crippen LogP contribution in [-0.4, -0.2) is 60.9 Å². The minimum atomic E-state index is -5.88. The smallest absolute Gasteiger partial charge is 0.460 e. The molecule has 7 atom stereocenters. The molecular weight excluding hydrogens is 526 g/mol. The lowest BCUT2D eigenvalue weighted by molar-refractivity contribution is -0.163. The minimum absolute atomic E-state index is 0.149. The fraction of sp³-hybridized carbons (Fsp3) is 0.923. The average Bonchev–Trinajstić information content (AvgIpc) is 2.79. The Balaban J connectivity index is 1.30. The van der Waals surface area contributed by atoms with E-state index in [0.717, 1.165) is 44.9 Å². The van der Waals surface area contributed by atoms with Crippen LogP contribution >= 0.6 is 0 Å². The molecule has 3 saturated carbocycles. The van der Waals surface area contributed by atoms with Crippen LogP contribution in [0.25, 0.3) is 0 Å². The first kappa shape index (κ1) is 31.0. The number of fused-ring (bicyclic) bond motifs is 2. The molecule has 3 fully saturated rings. The molecule has 0 aromatic carbocycles. The summed E-state index contributed by atoms with van der Waals surface area (Å²) in [6, 6.07) is 0. The summed E-state index contributed by atoms with van der Waals surface area (Å²) >= 11 is 0. The first-order chi connectivity index (χ1) is 17.7. The third-order valence-corrected chi connectivity index (χ3v) is 9.19. The lowest BCUT2D eigenvalue weighted by Crippen LogP contribution is -2.45.